The molecule has 0 radical (unpaired) electrons. The van der Waals surface area contributed by atoms with E-state index in [0.29, 0.717) is 18.0 Å². The number of hydrogen-bond acceptors (Lipinski definition) is 5. The molecule has 1 atom stereocenters. The summed E-state index contributed by atoms with van der Waals surface area (Å²) in [5.41, 5.74) is 1.71. The largest absolute Gasteiger partial charge is 0.491 e. The molecule has 0 aliphatic rings. The van der Waals surface area contributed by atoms with Crippen molar-refractivity contribution in [1.29, 1.82) is 0 Å². The van der Waals surface area contributed by atoms with E-state index >= 15 is 0 Å². The molecule has 2 rings (SSSR count). The Morgan fingerprint density at radius 2 is 1.52 bits per heavy atom. The topological polar surface area (TPSA) is 84.9 Å². The fraction of sp³-hybridized carbons (Fsp3) is 0.435. The minimum atomic E-state index is -3.32. The zero-order chi connectivity index (χ0) is 23.0. The summed E-state index contributed by atoms with van der Waals surface area (Å²) in [5.74, 6) is 1.16. The predicted octanol–water partition coefficient (Wildman–Crippen LogP) is 3.39. The fourth-order valence-electron chi connectivity index (χ4n) is 2.84. The highest BCUT2D eigenvalue weighted by Crippen LogP contribution is 2.21. The van der Waals surface area contributed by atoms with Crippen LogP contribution in [0.5, 0.6) is 11.5 Å². The Morgan fingerprint density at radius 3 is 2.06 bits per heavy atom. The van der Waals surface area contributed by atoms with Crippen LogP contribution >= 0.6 is 0 Å². The normalized spacial score (nSPS) is 12.3. The minimum Gasteiger partial charge on any atom is -0.491 e. The summed E-state index contributed by atoms with van der Waals surface area (Å²) in [6, 6.07) is 14.6. The van der Waals surface area contributed by atoms with Gasteiger partial charge in [-0.05, 0) is 75.6 Å². The van der Waals surface area contributed by atoms with Crippen LogP contribution in [0.3, 0.4) is 0 Å². The standard InChI is InChI=1S/C23H32N2O5S/c1-17(2)29-21-12-8-19(9-13-21)7-6-16-24-23(26)18(3)30-22-14-10-20(11-15-22)25(4)31(5,27)28/h8-15,17-18H,6-7,16H2,1-5H3,(H,24,26)/t18-/m1/s1. The summed E-state index contributed by atoms with van der Waals surface area (Å²) < 4.78 is 35.7. The summed E-state index contributed by atoms with van der Waals surface area (Å²) >= 11 is 0. The van der Waals surface area contributed by atoms with Crippen molar-refractivity contribution in [2.45, 2.75) is 45.8 Å². The highest BCUT2D eigenvalue weighted by molar-refractivity contribution is 7.92. The lowest BCUT2D eigenvalue weighted by atomic mass is 10.1. The van der Waals surface area contributed by atoms with E-state index in [1.54, 1.807) is 31.2 Å². The van der Waals surface area contributed by atoms with E-state index in [2.05, 4.69) is 5.32 Å². The van der Waals surface area contributed by atoms with Crippen LogP contribution in [0.1, 0.15) is 32.8 Å². The molecule has 0 aliphatic carbocycles. The molecule has 0 heterocycles. The van der Waals surface area contributed by atoms with Gasteiger partial charge in [0.15, 0.2) is 6.10 Å². The van der Waals surface area contributed by atoms with Crippen LogP contribution in [0.15, 0.2) is 48.5 Å². The van der Waals surface area contributed by atoms with Crippen molar-refractivity contribution in [3.63, 3.8) is 0 Å². The van der Waals surface area contributed by atoms with Crippen molar-refractivity contribution in [1.82, 2.24) is 5.32 Å². The Kier molecular flexibility index (Phi) is 8.74. The predicted molar refractivity (Wildman–Crippen MR) is 123 cm³/mol. The van der Waals surface area contributed by atoms with Gasteiger partial charge in [-0.15, -0.1) is 0 Å². The number of amides is 1. The number of nitrogens with one attached hydrogen (secondary N) is 1. The number of hydrogen-bond donors (Lipinski definition) is 1. The second-order valence-electron chi connectivity index (χ2n) is 7.69. The Hall–Kier alpha value is -2.74. The van der Waals surface area contributed by atoms with E-state index in [4.69, 9.17) is 9.47 Å². The Labute approximate surface area is 185 Å². The molecule has 0 bridgehead atoms. The number of aryl methyl sites for hydroxylation is 1. The fourth-order valence-corrected chi connectivity index (χ4v) is 3.34. The first kappa shape index (κ1) is 24.5. The maximum atomic E-state index is 12.3. The van der Waals surface area contributed by atoms with E-state index in [1.807, 2.05) is 38.1 Å². The van der Waals surface area contributed by atoms with Crippen molar-refractivity contribution >= 4 is 21.6 Å². The first-order valence-electron chi connectivity index (χ1n) is 10.3. The number of rotatable bonds is 11. The van der Waals surface area contributed by atoms with Crippen LogP contribution in [0.2, 0.25) is 0 Å². The third kappa shape index (κ3) is 8.13. The SMILES string of the molecule is CC(C)Oc1ccc(CCCNC(=O)[C@@H](C)Oc2ccc(N(C)S(C)(=O)=O)cc2)cc1. The van der Waals surface area contributed by atoms with E-state index < -0.39 is 16.1 Å². The molecular formula is C23H32N2O5S. The summed E-state index contributed by atoms with van der Waals surface area (Å²) in [7, 11) is -1.84. The second kappa shape index (κ2) is 11.0. The molecule has 0 fully saturated rings. The van der Waals surface area contributed by atoms with Crippen LogP contribution < -0.4 is 19.1 Å². The Balaban J connectivity index is 1.75. The van der Waals surface area contributed by atoms with Crippen molar-refractivity contribution in [2.24, 2.45) is 0 Å². The first-order chi connectivity index (χ1) is 14.6. The van der Waals surface area contributed by atoms with Crippen LogP contribution in [0.4, 0.5) is 5.69 Å². The molecule has 0 aromatic heterocycles. The summed E-state index contributed by atoms with van der Waals surface area (Å²) in [5, 5.41) is 2.88. The minimum absolute atomic E-state index is 0.150. The van der Waals surface area contributed by atoms with E-state index in [1.165, 1.54) is 16.9 Å². The lowest BCUT2D eigenvalue weighted by Crippen LogP contribution is -2.36. The summed E-state index contributed by atoms with van der Waals surface area (Å²) in [6.45, 7) is 6.22. The van der Waals surface area contributed by atoms with Gasteiger partial charge in [-0.1, -0.05) is 12.1 Å². The van der Waals surface area contributed by atoms with Crippen LogP contribution in [0, 0.1) is 0 Å². The Bertz CT molecular complexity index is 941. The molecule has 170 valence electrons. The number of carbonyl (C=O) groups is 1. The summed E-state index contributed by atoms with van der Waals surface area (Å²) in [4.78, 5) is 12.3. The lowest BCUT2D eigenvalue weighted by Gasteiger charge is -2.18. The molecule has 8 heteroatoms. The molecule has 1 amide bonds. The smallest absolute Gasteiger partial charge is 0.260 e. The molecule has 0 unspecified atom stereocenters. The quantitative estimate of drug-likeness (QED) is 0.533. The third-order valence-electron chi connectivity index (χ3n) is 4.62. The number of nitrogens with zero attached hydrogens (tertiary/aromatic N) is 1. The van der Waals surface area contributed by atoms with Gasteiger partial charge in [-0.25, -0.2) is 8.42 Å². The van der Waals surface area contributed by atoms with Gasteiger partial charge in [0.05, 0.1) is 18.0 Å². The molecule has 0 aliphatic heterocycles. The number of benzene rings is 2. The molecule has 0 saturated heterocycles. The third-order valence-corrected chi connectivity index (χ3v) is 5.82. The number of sulfonamides is 1. The highest BCUT2D eigenvalue weighted by atomic mass is 32.2. The molecule has 0 spiro atoms. The van der Waals surface area contributed by atoms with Gasteiger partial charge in [0.2, 0.25) is 10.0 Å². The van der Waals surface area contributed by atoms with Crippen molar-refractivity contribution < 1.29 is 22.7 Å². The average molecular weight is 449 g/mol. The summed E-state index contributed by atoms with van der Waals surface area (Å²) in [6.07, 6.45) is 2.30. The maximum Gasteiger partial charge on any atom is 0.260 e. The molecule has 31 heavy (non-hydrogen) atoms. The maximum absolute atomic E-state index is 12.3. The van der Waals surface area contributed by atoms with Crippen LogP contribution in [-0.4, -0.2) is 46.4 Å². The molecule has 7 nitrogen and oxygen atoms in total. The van der Waals surface area contributed by atoms with Gasteiger partial charge >= 0.3 is 0 Å². The number of ether oxygens (including phenoxy) is 2. The lowest BCUT2D eigenvalue weighted by molar-refractivity contribution is -0.127. The average Bonchev–Trinajstić information content (AvgIpc) is 2.71. The van der Waals surface area contributed by atoms with Gasteiger partial charge in [-0.3, -0.25) is 9.10 Å². The van der Waals surface area contributed by atoms with E-state index in [-0.39, 0.29) is 12.0 Å². The molecular weight excluding hydrogens is 416 g/mol. The zero-order valence-corrected chi connectivity index (χ0v) is 19.6. The molecule has 0 saturated carbocycles. The first-order valence-corrected chi connectivity index (χ1v) is 12.1. The van der Waals surface area contributed by atoms with Gasteiger partial charge < -0.3 is 14.8 Å². The van der Waals surface area contributed by atoms with Gasteiger partial charge in [0.1, 0.15) is 11.5 Å². The van der Waals surface area contributed by atoms with Crippen molar-refractivity contribution in [2.75, 3.05) is 24.2 Å². The van der Waals surface area contributed by atoms with Gasteiger partial charge in [0.25, 0.3) is 5.91 Å². The van der Waals surface area contributed by atoms with Crippen LogP contribution in [-0.2, 0) is 21.2 Å². The van der Waals surface area contributed by atoms with Crippen LogP contribution in [0.25, 0.3) is 0 Å². The van der Waals surface area contributed by atoms with Gasteiger partial charge in [-0.2, -0.15) is 0 Å². The van der Waals surface area contributed by atoms with Crippen molar-refractivity contribution in [3.8, 4) is 11.5 Å². The second-order valence-corrected chi connectivity index (χ2v) is 9.70. The van der Waals surface area contributed by atoms with Gasteiger partial charge in [0, 0.05) is 13.6 Å². The highest BCUT2D eigenvalue weighted by Gasteiger charge is 2.15. The zero-order valence-electron chi connectivity index (χ0n) is 18.8. The number of carbonyl (C=O) groups excluding carboxylic acids is 1. The molecule has 2 aromatic rings. The number of anilines is 1. The Morgan fingerprint density at radius 1 is 0.968 bits per heavy atom. The molecule has 2 aromatic carbocycles. The monoisotopic (exact) mass is 448 g/mol. The molecule has 1 N–H and O–H groups in total. The van der Waals surface area contributed by atoms with E-state index in [9.17, 15) is 13.2 Å². The van der Waals surface area contributed by atoms with Crippen molar-refractivity contribution in [3.05, 3.63) is 54.1 Å². The van der Waals surface area contributed by atoms with E-state index in [0.717, 1.165) is 24.8 Å².